The molecular formula is C23H32BFO5. The number of ether oxygens (including phenoxy) is 2. The molecule has 0 amide bonds. The van der Waals surface area contributed by atoms with Crippen LogP contribution in [0.3, 0.4) is 0 Å². The van der Waals surface area contributed by atoms with Gasteiger partial charge in [0, 0.05) is 0 Å². The van der Waals surface area contributed by atoms with Crippen LogP contribution in [-0.2, 0) is 20.5 Å². The number of carbonyl (C=O) groups excluding carboxylic acids is 1. The number of carbonyl (C=O) groups is 1. The SMILES string of the molecule is COc1c(CCB2OC3CC4CC(C3O2)C4(C)C)ccc(F)c1C(=O)OC(C)(C)C. The van der Waals surface area contributed by atoms with Gasteiger partial charge in [-0.25, -0.2) is 9.18 Å². The zero-order chi connectivity index (χ0) is 21.8. The van der Waals surface area contributed by atoms with Crippen LogP contribution in [0.2, 0.25) is 6.32 Å². The molecule has 1 aromatic carbocycles. The van der Waals surface area contributed by atoms with Crippen molar-refractivity contribution in [1.82, 2.24) is 0 Å². The highest BCUT2D eigenvalue weighted by Crippen LogP contribution is 2.61. The number of rotatable bonds is 5. The van der Waals surface area contributed by atoms with Crippen LogP contribution in [-0.4, -0.2) is 38.0 Å². The molecule has 30 heavy (non-hydrogen) atoms. The maximum atomic E-state index is 14.5. The van der Waals surface area contributed by atoms with Gasteiger partial charge in [-0.1, -0.05) is 19.9 Å². The lowest BCUT2D eigenvalue weighted by molar-refractivity contribution is -0.150. The van der Waals surface area contributed by atoms with E-state index in [2.05, 4.69) is 13.8 Å². The Morgan fingerprint density at radius 3 is 2.63 bits per heavy atom. The number of hydrogen-bond acceptors (Lipinski definition) is 5. The molecule has 7 heteroatoms. The third kappa shape index (κ3) is 3.75. The fourth-order valence-electron chi connectivity index (χ4n) is 5.37. The second kappa shape index (κ2) is 7.52. The average molecular weight is 418 g/mol. The van der Waals surface area contributed by atoms with Gasteiger partial charge in [-0.3, -0.25) is 0 Å². The second-order valence-electron chi connectivity index (χ2n) is 10.5. The quantitative estimate of drug-likeness (QED) is 0.514. The van der Waals surface area contributed by atoms with E-state index in [1.165, 1.54) is 19.6 Å². The van der Waals surface area contributed by atoms with E-state index in [0.29, 0.717) is 24.1 Å². The van der Waals surface area contributed by atoms with Crippen molar-refractivity contribution in [2.45, 2.75) is 78.0 Å². The topological polar surface area (TPSA) is 54.0 Å². The second-order valence-corrected chi connectivity index (χ2v) is 10.5. The fourth-order valence-corrected chi connectivity index (χ4v) is 5.37. The first-order chi connectivity index (χ1) is 14.0. The van der Waals surface area contributed by atoms with Gasteiger partial charge in [0.05, 0.1) is 19.3 Å². The third-order valence-corrected chi connectivity index (χ3v) is 7.11. The molecule has 3 saturated carbocycles. The maximum absolute atomic E-state index is 14.5. The Balaban J connectivity index is 1.45. The summed E-state index contributed by atoms with van der Waals surface area (Å²) in [7, 11) is 1.16. The first-order valence-electron chi connectivity index (χ1n) is 10.9. The highest BCUT2D eigenvalue weighted by atomic mass is 19.1. The largest absolute Gasteiger partial charge is 0.495 e. The number of benzene rings is 1. The minimum absolute atomic E-state index is 0.158. The van der Waals surface area contributed by atoms with E-state index >= 15 is 0 Å². The van der Waals surface area contributed by atoms with Crippen molar-refractivity contribution in [3.63, 3.8) is 0 Å². The summed E-state index contributed by atoms with van der Waals surface area (Å²) in [5, 5.41) is 0. The summed E-state index contributed by atoms with van der Waals surface area (Å²) in [5.41, 5.74) is 0.198. The van der Waals surface area contributed by atoms with Crippen molar-refractivity contribution in [2.24, 2.45) is 17.3 Å². The van der Waals surface area contributed by atoms with E-state index < -0.39 is 17.4 Å². The van der Waals surface area contributed by atoms with Crippen molar-refractivity contribution in [1.29, 1.82) is 0 Å². The molecule has 3 aliphatic carbocycles. The molecule has 4 fully saturated rings. The molecule has 4 aliphatic rings. The van der Waals surface area contributed by atoms with Crippen molar-refractivity contribution in [2.75, 3.05) is 7.11 Å². The Bertz CT molecular complexity index is 834. The van der Waals surface area contributed by atoms with Crippen molar-refractivity contribution in [3.8, 4) is 5.75 Å². The van der Waals surface area contributed by atoms with E-state index in [4.69, 9.17) is 18.8 Å². The number of esters is 1. The van der Waals surface area contributed by atoms with Gasteiger partial charge < -0.3 is 18.8 Å². The van der Waals surface area contributed by atoms with Crippen LogP contribution in [0.25, 0.3) is 0 Å². The molecule has 164 valence electrons. The summed E-state index contributed by atoms with van der Waals surface area (Å²) < 4.78 is 37.8. The Labute approximate surface area is 178 Å². The third-order valence-electron chi connectivity index (χ3n) is 7.11. The lowest BCUT2D eigenvalue weighted by atomic mass is 9.47. The summed E-state index contributed by atoms with van der Waals surface area (Å²) in [4.78, 5) is 12.6. The van der Waals surface area contributed by atoms with E-state index in [-0.39, 0.29) is 30.6 Å². The molecule has 1 aromatic rings. The summed E-state index contributed by atoms with van der Waals surface area (Å²) in [6, 6.07) is 2.95. The molecule has 0 aromatic heterocycles. The van der Waals surface area contributed by atoms with Gasteiger partial charge in [-0.05, 0) is 75.2 Å². The van der Waals surface area contributed by atoms with Crippen LogP contribution in [0.5, 0.6) is 5.75 Å². The molecule has 1 heterocycles. The lowest BCUT2D eigenvalue weighted by Gasteiger charge is -2.60. The number of hydrogen-bond donors (Lipinski definition) is 0. The molecule has 1 aliphatic heterocycles. The van der Waals surface area contributed by atoms with Crippen LogP contribution >= 0.6 is 0 Å². The number of aryl methyl sites for hydroxylation is 1. The van der Waals surface area contributed by atoms with Gasteiger partial charge in [0.25, 0.3) is 0 Å². The zero-order valence-electron chi connectivity index (χ0n) is 18.8. The van der Waals surface area contributed by atoms with Crippen molar-refractivity contribution >= 4 is 13.1 Å². The minimum atomic E-state index is -0.722. The molecule has 1 saturated heterocycles. The molecular weight excluding hydrogens is 386 g/mol. The van der Waals surface area contributed by atoms with E-state index in [1.807, 2.05) is 0 Å². The van der Waals surface area contributed by atoms with Crippen LogP contribution in [0.15, 0.2) is 12.1 Å². The molecule has 0 radical (unpaired) electrons. The Hall–Kier alpha value is -1.60. The molecule has 4 atom stereocenters. The van der Waals surface area contributed by atoms with E-state index in [9.17, 15) is 9.18 Å². The van der Waals surface area contributed by atoms with Gasteiger partial charge >= 0.3 is 13.1 Å². The Morgan fingerprint density at radius 2 is 2.00 bits per heavy atom. The normalized spacial score (nSPS) is 29.2. The molecule has 5 nitrogen and oxygen atoms in total. The maximum Gasteiger partial charge on any atom is 0.457 e. The predicted molar refractivity (Wildman–Crippen MR) is 112 cm³/mol. The molecule has 0 N–H and O–H groups in total. The van der Waals surface area contributed by atoms with Crippen LogP contribution < -0.4 is 4.74 Å². The van der Waals surface area contributed by atoms with Crippen LogP contribution in [0, 0.1) is 23.1 Å². The first kappa shape index (κ1) is 21.6. The summed E-state index contributed by atoms with van der Waals surface area (Å²) in [6.07, 6.45) is 3.82. The van der Waals surface area contributed by atoms with Gasteiger partial charge in [0.1, 0.15) is 22.7 Å². The average Bonchev–Trinajstić information content (AvgIpc) is 3.07. The van der Waals surface area contributed by atoms with Crippen molar-refractivity contribution in [3.05, 3.63) is 29.1 Å². The standard InChI is InChI=1S/C23H32BFO5/c1-22(2,3)28-21(26)18-16(25)8-7-13(19(18)27-6)9-10-24-29-17-12-14-11-15(20(17)30-24)23(14,4)5/h7-8,14-15,17,20H,9-12H2,1-6H3. The predicted octanol–water partition coefficient (Wildman–Crippen LogP) is 4.67. The highest BCUT2D eigenvalue weighted by molar-refractivity contribution is 6.45. The number of methoxy groups -OCH3 is 1. The molecule has 5 rings (SSSR count). The molecule has 0 spiro atoms. The number of halogens is 1. The van der Waals surface area contributed by atoms with Crippen LogP contribution in [0.1, 0.15) is 63.4 Å². The Morgan fingerprint density at radius 1 is 1.27 bits per heavy atom. The summed E-state index contributed by atoms with van der Waals surface area (Å²) >= 11 is 0. The molecule has 4 unspecified atom stereocenters. The van der Waals surface area contributed by atoms with Gasteiger partial charge in [-0.2, -0.15) is 0 Å². The van der Waals surface area contributed by atoms with E-state index in [0.717, 1.165) is 17.9 Å². The smallest absolute Gasteiger partial charge is 0.457 e. The summed E-state index contributed by atoms with van der Waals surface area (Å²) in [5.74, 6) is 0.138. The zero-order valence-corrected chi connectivity index (χ0v) is 18.8. The first-order valence-corrected chi connectivity index (χ1v) is 10.9. The summed E-state index contributed by atoms with van der Waals surface area (Å²) in [6.45, 7) is 9.91. The van der Waals surface area contributed by atoms with Crippen molar-refractivity contribution < 1.29 is 28.0 Å². The van der Waals surface area contributed by atoms with Gasteiger partial charge in [-0.15, -0.1) is 0 Å². The van der Waals surface area contributed by atoms with Gasteiger partial charge in [0.15, 0.2) is 0 Å². The fraction of sp³-hybridized carbons (Fsp3) is 0.696. The van der Waals surface area contributed by atoms with E-state index in [1.54, 1.807) is 26.8 Å². The van der Waals surface area contributed by atoms with Crippen LogP contribution in [0.4, 0.5) is 4.39 Å². The lowest BCUT2D eigenvalue weighted by Crippen LogP contribution is -2.59. The minimum Gasteiger partial charge on any atom is -0.495 e. The highest BCUT2D eigenvalue weighted by Gasteiger charge is 2.61. The monoisotopic (exact) mass is 418 g/mol. The Kier molecular flexibility index (Phi) is 5.42. The molecule has 2 bridgehead atoms. The van der Waals surface area contributed by atoms with Gasteiger partial charge in [0.2, 0.25) is 0 Å².